The first-order valence-electron chi connectivity index (χ1n) is 11.2. The van der Waals surface area contributed by atoms with Gasteiger partial charge in [-0.05, 0) is 44.5 Å². The molecule has 0 radical (unpaired) electrons. The second kappa shape index (κ2) is 11.4. The van der Waals surface area contributed by atoms with Gasteiger partial charge in [0.05, 0.1) is 22.7 Å². The predicted molar refractivity (Wildman–Crippen MR) is 121 cm³/mol. The largest absolute Gasteiger partial charge is 0.490 e. The number of nitrogens with one attached hydrogen (secondary N) is 2. The fourth-order valence-electron chi connectivity index (χ4n) is 4.02. The van der Waals surface area contributed by atoms with Crippen molar-refractivity contribution in [2.24, 2.45) is 7.05 Å². The zero-order valence-electron chi connectivity index (χ0n) is 19.4. The lowest BCUT2D eigenvalue weighted by atomic mass is 10.1. The summed E-state index contributed by atoms with van der Waals surface area (Å²) in [5.41, 5.74) is 1.73. The van der Waals surface area contributed by atoms with E-state index in [1.54, 1.807) is 13.1 Å². The van der Waals surface area contributed by atoms with Crippen LogP contribution in [0.15, 0.2) is 23.0 Å². The minimum Gasteiger partial charge on any atom is -0.475 e. The van der Waals surface area contributed by atoms with Crippen LogP contribution in [0.2, 0.25) is 0 Å². The Balaban J connectivity index is 0.000000454. The molecule has 194 valence electrons. The molecule has 10 nitrogen and oxygen atoms in total. The van der Waals surface area contributed by atoms with E-state index < -0.39 is 24.1 Å². The number of aryl methyl sites for hydroxylation is 1. The lowest BCUT2D eigenvalue weighted by Crippen LogP contribution is -2.44. The van der Waals surface area contributed by atoms with Gasteiger partial charge in [0.2, 0.25) is 11.8 Å². The van der Waals surface area contributed by atoms with E-state index in [9.17, 15) is 27.6 Å². The molecule has 0 bridgehead atoms. The summed E-state index contributed by atoms with van der Waals surface area (Å²) in [6.07, 6.45) is -2.35. The summed E-state index contributed by atoms with van der Waals surface area (Å²) in [4.78, 5) is 45.5. The standard InChI is InChI=1S/C21H24N4O4.C2HF3O2/c1-24-19-14(5-3-13-29-15-9-11-22-12-10-15)4-2-6-16(19)25(21(24)28)17-7-8-18(26)23-20(17)27;3-2(4,5)1(6)7/h2,4,6,15,17,22H,7-13H2,1H3,(H,23,26,27);(H,6,7). The Morgan fingerprint density at radius 1 is 1.19 bits per heavy atom. The predicted octanol–water partition coefficient (Wildman–Crippen LogP) is 1.07. The van der Waals surface area contributed by atoms with Crippen molar-refractivity contribution in [3.8, 4) is 11.8 Å². The van der Waals surface area contributed by atoms with Crippen molar-refractivity contribution in [2.75, 3.05) is 19.7 Å². The van der Waals surface area contributed by atoms with Gasteiger partial charge in [0.25, 0.3) is 0 Å². The van der Waals surface area contributed by atoms with Crippen LogP contribution >= 0.6 is 0 Å². The number of carbonyl (C=O) groups excluding carboxylic acids is 2. The molecule has 2 aromatic rings. The quantitative estimate of drug-likeness (QED) is 0.416. The normalized spacial score (nSPS) is 18.6. The number of carbonyl (C=O) groups is 3. The van der Waals surface area contributed by atoms with E-state index >= 15 is 0 Å². The molecule has 0 aliphatic carbocycles. The summed E-state index contributed by atoms with van der Waals surface area (Å²) in [7, 11) is 1.67. The average molecular weight is 510 g/mol. The summed E-state index contributed by atoms with van der Waals surface area (Å²) in [6.45, 7) is 2.27. The highest BCUT2D eigenvalue weighted by atomic mass is 19.4. The molecule has 0 saturated carbocycles. The van der Waals surface area contributed by atoms with E-state index in [4.69, 9.17) is 14.6 Å². The molecule has 1 unspecified atom stereocenters. The number of alkyl halides is 3. The number of aliphatic carboxylic acids is 1. The molecule has 2 aliphatic heterocycles. The molecule has 4 rings (SSSR count). The number of carboxylic acid groups (broad SMARTS) is 1. The highest BCUT2D eigenvalue weighted by Crippen LogP contribution is 2.24. The molecule has 1 atom stereocenters. The number of fused-ring (bicyclic) bond motifs is 1. The maximum absolute atomic E-state index is 12.9. The van der Waals surface area contributed by atoms with E-state index in [1.165, 1.54) is 9.13 Å². The molecule has 2 aliphatic rings. The van der Waals surface area contributed by atoms with Crippen LogP contribution in [0.4, 0.5) is 13.2 Å². The van der Waals surface area contributed by atoms with E-state index in [1.807, 2.05) is 12.1 Å². The molecule has 1 aromatic heterocycles. The summed E-state index contributed by atoms with van der Waals surface area (Å²) in [5, 5.41) is 12.7. The number of hydrogen-bond acceptors (Lipinski definition) is 6. The maximum atomic E-state index is 12.9. The third kappa shape index (κ3) is 6.32. The molecule has 1 aromatic carbocycles. The van der Waals surface area contributed by atoms with E-state index in [0.717, 1.165) is 25.9 Å². The number of aromatic nitrogens is 2. The Morgan fingerprint density at radius 2 is 1.86 bits per heavy atom. The van der Waals surface area contributed by atoms with Gasteiger partial charge in [0.1, 0.15) is 12.6 Å². The fraction of sp³-hybridized carbons (Fsp3) is 0.478. The van der Waals surface area contributed by atoms with Crippen molar-refractivity contribution in [1.29, 1.82) is 0 Å². The van der Waals surface area contributed by atoms with Gasteiger partial charge in [0, 0.05) is 13.5 Å². The summed E-state index contributed by atoms with van der Waals surface area (Å²) in [5.74, 6) is 2.66. The minimum absolute atomic E-state index is 0.215. The molecular weight excluding hydrogens is 485 g/mol. The Labute approximate surface area is 203 Å². The molecule has 3 heterocycles. The number of hydrogen-bond donors (Lipinski definition) is 3. The number of amides is 2. The van der Waals surface area contributed by atoms with Gasteiger partial charge in [-0.3, -0.25) is 24.0 Å². The van der Waals surface area contributed by atoms with E-state index in [0.29, 0.717) is 29.6 Å². The van der Waals surface area contributed by atoms with Crippen molar-refractivity contribution in [3.05, 3.63) is 34.2 Å². The Bertz CT molecular complexity index is 1260. The average Bonchev–Trinajstić information content (AvgIpc) is 3.08. The van der Waals surface area contributed by atoms with Crippen molar-refractivity contribution >= 4 is 28.8 Å². The number of nitrogens with zero attached hydrogens (tertiary/aromatic N) is 2. The SMILES string of the molecule is Cn1c(=O)n(C2CCC(=O)NC2=O)c2cccc(C#CCOC3CCNCC3)c21.O=C(O)C(F)(F)F. The minimum atomic E-state index is -5.08. The van der Waals surface area contributed by atoms with Crippen LogP contribution in [0.1, 0.15) is 37.3 Å². The number of para-hydroxylation sites is 1. The lowest BCUT2D eigenvalue weighted by molar-refractivity contribution is -0.192. The number of ether oxygens (including phenoxy) is 1. The molecule has 13 heteroatoms. The smallest absolute Gasteiger partial charge is 0.475 e. The molecule has 36 heavy (non-hydrogen) atoms. The van der Waals surface area contributed by atoms with Crippen LogP contribution in [-0.4, -0.2) is 64.0 Å². The summed E-state index contributed by atoms with van der Waals surface area (Å²) >= 11 is 0. The first-order chi connectivity index (χ1) is 17.0. The summed E-state index contributed by atoms with van der Waals surface area (Å²) < 4.78 is 40.5. The molecule has 0 spiro atoms. The Morgan fingerprint density at radius 3 is 2.47 bits per heavy atom. The Kier molecular flexibility index (Phi) is 8.54. The zero-order chi connectivity index (χ0) is 26.5. The summed E-state index contributed by atoms with van der Waals surface area (Å²) in [6, 6.07) is 4.78. The molecule has 3 N–H and O–H groups in total. The topological polar surface area (TPSA) is 132 Å². The van der Waals surface area contributed by atoms with E-state index in [-0.39, 0.29) is 24.1 Å². The van der Waals surface area contributed by atoms with Gasteiger partial charge >= 0.3 is 17.8 Å². The van der Waals surface area contributed by atoms with E-state index in [2.05, 4.69) is 22.5 Å². The van der Waals surface area contributed by atoms with Crippen LogP contribution < -0.4 is 16.3 Å². The number of imide groups is 1. The van der Waals surface area contributed by atoms with Crippen LogP contribution in [0, 0.1) is 11.8 Å². The third-order valence-corrected chi connectivity index (χ3v) is 5.77. The van der Waals surface area contributed by atoms with Crippen molar-refractivity contribution in [1.82, 2.24) is 19.8 Å². The first-order valence-corrected chi connectivity index (χ1v) is 11.2. The van der Waals surface area contributed by atoms with Crippen LogP contribution in [0.3, 0.4) is 0 Å². The molecule has 2 fully saturated rings. The van der Waals surface area contributed by atoms with Gasteiger partial charge in [-0.1, -0.05) is 17.9 Å². The van der Waals surface area contributed by atoms with Crippen molar-refractivity contribution < 1.29 is 37.4 Å². The van der Waals surface area contributed by atoms with Crippen LogP contribution in [0.25, 0.3) is 11.0 Å². The number of imidazole rings is 1. The number of carboxylic acids is 1. The molecular formula is C23H25F3N4O6. The molecule has 2 saturated heterocycles. The highest BCUT2D eigenvalue weighted by Gasteiger charge is 2.38. The second-order valence-electron chi connectivity index (χ2n) is 8.22. The number of rotatable bonds is 3. The van der Waals surface area contributed by atoms with Gasteiger partial charge < -0.3 is 15.2 Å². The third-order valence-electron chi connectivity index (χ3n) is 5.77. The zero-order valence-corrected chi connectivity index (χ0v) is 19.4. The Hall–Kier alpha value is -3.63. The molecule has 2 amide bonds. The van der Waals surface area contributed by atoms with Crippen LogP contribution in [0.5, 0.6) is 0 Å². The number of benzene rings is 1. The van der Waals surface area contributed by atoms with Crippen molar-refractivity contribution in [2.45, 2.75) is 44.0 Å². The second-order valence-corrected chi connectivity index (χ2v) is 8.22. The van der Waals surface area contributed by atoms with Gasteiger partial charge in [-0.2, -0.15) is 13.2 Å². The number of piperidine rings is 2. The fourth-order valence-corrected chi connectivity index (χ4v) is 4.02. The first kappa shape index (κ1) is 27.0. The monoisotopic (exact) mass is 510 g/mol. The number of halogens is 3. The van der Waals surface area contributed by atoms with Gasteiger partial charge in [-0.15, -0.1) is 0 Å². The van der Waals surface area contributed by atoms with Crippen LogP contribution in [-0.2, 0) is 26.2 Å². The highest BCUT2D eigenvalue weighted by molar-refractivity contribution is 6.00. The maximum Gasteiger partial charge on any atom is 0.490 e. The lowest BCUT2D eigenvalue weighted by Gasteiger charge is -2.21. The van der Waals surface area contributed by atoms with Crippen molar-refractivity contribution in [3.63, 3.8) is 0 Å². The van der Waals surface area contributed by atoms with Gasteiger partial charge in [-0.25, -0.2) is 9.59 Å². The van der Waals surface area contributed by atoms with Gasteiger partial charge in [0.15, 0.2) is 0 Å².